The number of amides is 1. The molecule has 0 aliphatic heterocycles. The molecule has 5 nitrogen and oxygen atoms in total. The summed E-state index contributed by atoms with van der Waals surface area (Å²) < 4.78 is 5.10. The Kier molecular flexibility index (Phi) is 6.70. The highest BCUT2D eigenvalue weighted by Crippen LogP contribution is 1.98. The minimum atomic E-state index is -0.853. The van der Waals surface area contributed by atoms with Gasteiger partial charge in [-0.2, -0.15) is 0 Å². The normalized spacial score (nSPS) is 14.3. The zero-order valence-corrected chi connectivity index (χ0v) is 9.45. The van der Waals surface area contributed by atoms with Crippen molar-refractivity contribution >= 4 is 11.9 Å². The number of hydrogen-bond acceptors (Lipinski definition) is 3. The maximum Gasteiger partial charge on any atom is 0.303 e. The van der Waals surface area contributed by atoms with Crippen LogP contribution in [0.15, 0.2) is 0 Å². The molecule has 0 aromatic rings. The van der Waals surface area contributed by atoms with Gasteiger partial charge in [-0.05, 0) is 27.2 Å². The molecule has 88 valence electrons. The number of carbonyl (C=O) groups is 2. The van der Waals surface area contributed by atoms with Gasteiger partial charge in [-0.15, -0.1) is 0 Å². The van der Waals surface area contributed by atoms with Gasteiger partial charge in [-0.3, -0.25) is 9.59 Å². The fraction of sp³-hybridized carbons (Fsp3) is 0.800. The Hall–Kier alpha value is -1.10. The predicted molar refractivity (Wildman–Crippen MR) is 55.6 cm³/mol. The topological polar surface area (TPSA) is 75.6 Å². The van der Waals surface area contributed by atoms with Crippen LogP contribution in [0.25, 0.3) is 0 Å². The molecule has 5 heteroatoms. The van der Waals surface area contributed by atoms with Crippen molar-refractivity contribution in [1.82, 2.24) is 5.32 Å². The van der Waals surface area contributed by atoms with E-state index in [0.29, 0.717) is 13.0 Å². The Morgan fingerprint density at radius 3 is 2.47 bits per heavy atom. The van der Waals surface area contributed by atoms with Gasteiger partial charge in [0.2, 0.25) is 5.91 Å². The maximum absolute atomic E-state index is 11.4. The summed E-state index contributed by atoms with van der Waals surface area (Å²) in [4.78, 5) is 21.7. The number of ether oxygens (including phenoxy) is 1. The third kappa shape index (κ3) is 6.90. The molecule has 0 heterocycles. The van der Waals surface area contributed by atoms with Crippen LogP contribution in [0.1, 0.15) is 33.6 Å². The van der Waals surface area contributed by atoms with E-state index >= 15 is 0 Å². The zero-order valence-electron chi connectivity index (χ0n) is 9.45. The van der Waals surface area contributed by atoms with E-state index in [1.165, 1.54) is 0 Å². The summed E-state index contributed by atoms with van der Waals surface area (Å²) in [6, 6.07) is -0.142. The smallest absolute Gasteiger partial charge is 0.303 e. The molecular formula is C10H19NO4. The molecule has 0 aliphatic carbocycles. The summed E-state index contributed by atoms with van der Waals surface area (Å²) in [7, 11) is 0. The number of carboxylic acid groups (broad SMARTS) is 1. The Labute approximate surface area is 89.8 Å². The third-order valence-corrected chi connectivity index (χ3v) is 1.97. The van der Waals surface area contributed by atoms with E-state index in [2.05, 4.69) is 5.32 Å². The lowest BCUT2D eigenvalue weighted by atomic mass is 10.2. The van der Waals surface area contributed by atoms with Crippen LogP contribution in [-0.2, 0) is 14.3 Å². The van der Waals surface area contributed by atoms with E-state index < -0.39 is 12.1 Å². The summed E-state index contributed by atoms with van der Waals surface area (Å²) in [5.74, 6) is -1.05. The van der Waals surface area contributed by atoms with E-state index in [-0.39, 0.29) is 18.4 Å². The van der Waals surface area contributed by atoms with Gasteiger partial charge in [0, 0.05) is 19.1 Å². The first kappa shape index (κ1) is 13.9. The van der Waals surface area contributed by atoms with Gasteiger partial charge in [0.05, 0.1) is 0 Å². The molecule has 0 saturated carbocycles. The number of carboxylic acids is 1. The van der Waals surface area contributed by atoms with Crippen LogP contribution in [-0.4, -0.2) is 35.7 Å². The molecule has 0 spiro atoms. The average molecular weight is 217 g/mol. The lowest BCUT2D eigenvalue weighted by Crippen LogP contribution is -2.40. The van der Waals surface area contributed by atoms with Crippen LogP contribution >= 0.6 is 0 Å². The fourth-order valence-corrected chi connectivity index (χ4v) is 1.10. The van der Waals surface area contributed by atoms with Gasteiger partial charge in [0.25, 0.3) is 0 Å². The van der Waals surface area contributed by atoms with Crippen LogP contribution in [0.2, 0.25) is 0 Å². The highest BCUT2D eigenvalue weighted by atomic mass is 16.5. The molecule has 1 amide bonds. The molecule has 0 bridgehead atoms. The SMILES string of the molecule is CCOC(C)C(=O)NC(C)CCC(=O)O. The first-order valence-electron chi connectivity index (χ1n) is 5.11. The molecule has 0 saturated heterocycles. The van der Waals surface area contributed by atoms with Crippen LogP contribution < -0.4 is 5.32 Å². The average Bonchev–Trinajstić information content (AvgIpc) is 2.15. The molecular weight excluding hydrogens is 198 g/mol. The summed E-state index contributed by atoms with van der Waals surface area (Å²) >= 11 is 0. The lowest BCUT2D eigenvalue weighted by Gasteiger charge is -2.16. The standard InChI is InChI=1S/C10H19NO4/c1-4-15-8(3)10(14)11-7(2)5-6-9(12)13/h7-8H,4-6H2,1-3H3,(H,11,14)(H,12,13). The van der Waals surface area contributed by atoms with Gasteiger partial charge in [-0.25, -0.2) is 0 Å². The van der Waals surface area contributed by atoms with E-state index in [1.54, 1.807) is 13.8 Å². The minimum Gasteiger partial charge on any atom is -0.481 e. The number of rotatable bonds is 7. The number of hydrogen-bond donors (Lipinski definition) is 2. The zero-order chi connectivity index (χ0) is 11.8. The van der Waals surface area contributed by atoms with Crippen molar-refractivity contribution in [1.29, 1.82) is 0 Å². The summed E-state index contributed by atoms with van der Waals surface area (Å²) in [6.45, 7) is 5.75. The second kappa shape index (κ2) is 7.23. The molecule has 0 rings (SSSR count). The Morgan fingerprint density at radius 1 is 1.40 bits per heavy atom. The summed E-state index contributed by atoms with van der Waals surface area (Å²) in [5, 5.41) is 11.1. The van der Waals surface area contributed by atoms with E-state index in [1.807, 2.05) is 6.92 Å². The van der Waals surface area contributed by atoms with Gasteiger partial charge in [-0.1, -0.05) is 0 Å². The van der Waals surface area contributed by atoms with Gasteiger partial charge < -0.3 is 15.2 Å². The van der Waals surface area contributed by atoms with Gasteiger partial charge in [0.15, 0.2) is 0 Å². The van der Waals surface area contributed by atoms with Crippen molar-refractivity contribution in [2.24, 2.45) is 0 Å². The van der Waals surface area contributed by atoms with E-state index in [0.717, 1.165) is 0 Å². The second-order valence-electron chi connectivity index (χ2n) is 3.44. The van der Waals surface area contributed by atoms with Crippen LogP contribution in [0.4, 0.5) is 0 Å². The van der Waals surface area contributed by atoms with E-state index in [4.69, 9.17) is 9.84 Å². The van der Waals surface area contributed by atoms with Crippen molar-refractivity contribution in [2.45, 2.75) is 45.8 Å². The molecule has 2 unspecified atom stereocenters. The largest absolute Gasteiger partial charge is 0.481 e. The molecule has 0 aliphatic rings. The highest BCUT2D eigenvalue weighted by Gasteiger charge is 2.15. The van der Waals surface area contributed by atoms with Crippen molar-refractivity contribution in [2.75, 3.05) is 6.61 Å². The second-order valence-corrected chi connectivity index (χ2v) is 3.44. The monoisotopic (exact) mass is 217 g/mol. The molecule has 0 aromatic carbocycles. The highest BCUT2D eigenvalue weighted by molar-refractivity contribution is 5.80. The number of nitrogens with one attached hydrogen (secondary N) is 1. The lowest BCUT2D eigenvalue weighted by molar-refractivity contribution is -0.138. The molecule has 2 N–H and O–H groups in total. The molecule has 2 atom stereocenters. The van der Waals surface area contributed by atoms with Gasteiger partial charge >= 0.3 is 5.97 Å². The van der Waals surface area contributed by atoms with Crippen LogP contribution in [0, 0.1) is 0 Å². The van der Waals surface area contributed by atoms with Crippen LogP contribution in [0.3, 0.4) is 0 Å². The van der Waals surface area contributed by atoms with Crippen molar-refractivity contribution < 1.29 is 19.4 Å². The molecule has 0 radical (unpaired) electrons. The quantitative estimate of drug-likeness (QED) is 0.660. The van der Waals surface area contributed by atoms with E-state index in [9.17, 15) is 9.59 Å². The molecule has 0 fully saturated rings. The third-order valence-electron chi connectivity index (χ3n) is 1.97. The first-order chi connectivity index (χ1) is 6.97. The first-order valence-corrected chi connectivity index (χ1v) is 5.11. The fourth-order valence-electron chi connectivity index (χ4n) is 1.10. The Bertz CT molecular complexity index is 217. The molecule has 15 heavy (non-hydrogen) atoms. The Balaban J connectivity index is 3.79. The molecule has 0 aromatic heterocycles. The van der Waals surface area contributed by atoms with Crippen molar-refractivity contribution in [3.05, 3.63) is 0 Å². The minimum absolute atomic E-state index is 0.0600. The summed E-state index contributed by atoms with van der Waals surface area (Å²) in [5.41, 5.74) is 0. The van der Waals surface area contributed by atoms with Crippen LogP contribution in [0.5, 0.6) is 0 Å². The Morgan fingerprint density at radius 2 is 2.00 bits per heavy atom. The number of aliphatic carboxylic acids is 1. The van der Waals surface area contributed by atoms with Crippen molar-refractivity contribution in [3.63, 3.8) is 0 Å². The maximum atomic E-state index is 11.4. The summed E-state index contributed by atoms with van der Waals surface area (Å²) in [6.07, 6.45) is 0.00646. The van der Waals surface area contributed by atoms with Crippen molar-refractivity contribution in [3.8, 4) is 0 Å². The van der Waals surface area contributed by atoms with Gasteiger partial charge in [0.1, 0.15) is 6.10 Å². The predicted octanol–water partition coefficient (Wildman–Crippen LogP) is 0.781. The number of carbonyl (C=O) groups excluding carboxylic acids is 1.